The molecular weight excluding hydrogens is 844 g/mol. The van der Waals surface area contributed by atoms with Gasteiger partial charge in [-0.05, 0) is 87.4 Å². The van der Waals surface area contributed by atoms with Gasteiger partial charge in [-0.25, -0.2) is 9.97 Å². The van der Waals surface area contributed by atoms with Crippen molar-refractivity contribution in [3.63, 3.8) is 0 Å². The van der Waals surface area contributed by atoms with Crippen LogP contribution in [0.25, 0.3) is 99.8 Å². The van der Waals surface area contributed by atoms with E-state index in [1.807, 2.05) is 55.0 Å². The molecule has 0 saturated carbocycles. The first-order valence-corrected chi connectivity index (χ1v) is 17.6. The molecule has 0 N–H and O–H groups in total. The van der Waals surface area contributed by atoms with Crippen molar-refractivity contribution in [2.75, 3.05) is 0 Å². The number of nitrogens with zero attached hydrogens (tertiary/aromatic N) is 6. The van der Waals surface area contributed by atoms with E-state index in [4.69, 9.17) is 15.0 Å². The number of benzene rings is 6. The van der Waals surface area contributed by atoms with Crippen LogP contribution in [-0.4, -0.2) is 24.1 Å². The monoisotopic (exact) mass is 871 g/mol. The van der Waals surface area contributed by atoms with Crippen molar-refractivity contribution in [1.82, 2.24) is 29.1 Å². The first-order valence-electron chi connectivity index (χ1n) is 17.6. The summed E-state index contributed by atoms with van der Waals surface area (Å²) in [6, 6.07) is 56.6. The fourth-order valence-electron chi connectivity index (χ4n) is 7.86. The molecule has 11 rings (SSSR count). The van der Waals surface area contributed by atoms with Crippen molar-refractivity contribution < 1.29 is 21.1 Å². The standard InChI is InChI=1S/C47H28N6.Pt/c1-2-10-33(11-3-1)52-42-17-9-13-34(32-19-21-36-35-12-4-5-16-41(35)53(43(36)29-32)44-18-6-7-25-49-44)46(42)51-47(52)38-15-8-14-37-39-28-31(30-23-26-48-27-24-30)20-22-40(39)50-45(37)38;/h1-28H;/q-2;+2. The van der Waals surface area contributed by atoms with E-state index in [2.05, 4.69) is 135 Å². The molecule has 6 aromatic carbocycles. The van der Waals surface area contributed by atoms with Gasteiger partial charge in [0.1, 0.15) is 11.6 Å². The molecule has 0 unspecified atom stereocenters. The van der Waals surface area contributed by atoms with Crippen LogP contribution < -0.4 is 4.98 Å². The van der Waals surface area contributed by atoms with Gasteiger partial charge in [-0.2, -0.15) is 0 Å². The van der Waals surface area contributed by atoms with Crippen LogP contribution in [0.3, 0.4) is 0 Å². The van der Waals surface area contributed by atoms with Gasteiger partial charge in [0.05, 0.1) is 11.0 Å². The Morgan fingerprint density at radius 1 is 0.537 bits per heavy atom. The van der Waals surface area contributed by atoms with Crippen LogP contribution in [0.15, 0.2) is 170 Å². The third-order valence-corrected chi connectivity index (χ3v) is 10.3. The minimum atomic E-state index is 0. The Balaban J connectivity index is 0.00000361. The average Bonchev–Trinajstić information content (AvgIpc) is 3.91. The van der Waals surface area contributed by atoms with Crippen molar-refractivity contribution in [3.05, 3.63) is 176 Å². The number of aromatic nitrogens is 6. The van der Waals surface area contributed by atoms with Crippen LogP contribution in [0.5, 0.6) is 0 Å². The van der Waals surface area contributed by atoms with Crippen molar-refractivity contribution in [2.45, 2.75) is 0 Å². The Labute approximate surface area is 324 Å². The van der Waals surface area contributed by atoms with Crippen LogP contribution in [0, 0.1) is 6.07 Å². The molecule has 0 radical (unpaired) electrons. The van der Waals surface area contributed by atoms with E-state index in [1.54, 1.807) is 0 Å². The zero-order chi connectivity index (χ0) is 34.9. The number of rotatable bonds is 5. The molecule has 54 heavy (non-hydrogen) atoms. The van der Waals surface area contributed by atoms with Crippen LogP contribution >= 0.6 is 0 Å². The summed E-state index contributed by atoms with van der Waals surface area (Å²) < 4.78 is 4.47. The maximum absolute atomic E-state index is 5.50. The Morgan fingerprint density at radius 3 is 2.19 bits per heavy atom. The molecule has 11 aromatic rings. The molecule has 256 valence electrons. The van der Waals surface area contributed by atoms with Crippen molar-refractivity contribution in [3.8, 4) is 45.1 Å². The Hall–Kier alpha value is -6.62. The third-order valence-electron chi connectivity index (χ3n) is 10.3. The molecule has 5 aromatic heterocycles. The summed E-state index contributed by atoms with van der Waals surface area (Å²) in [6.45, 7) is 0. The van der Waals surface area contributed by atoms with Crippen LogP contribution in [-0.2, 0) is 21.1 Å². The Morgan fingerprint density at radius 2 is 1.31 bits per heavy atom. The summed E-state index contributed by atoms with van der Waals surface area (Å²) in [7, 11) is 0. The van der Waals surface area contributed by atoms with Gasteiger partial charge in [0.15, 0.2) is 0 Å². The Kier molecular flexibility index (Phi) is 7.60. The van der Waals surface area contributed by atoms with Gasteiger partial charge in [-0.1, -0.05) is 95.9 Å². The van der Waals surface area contributed by atoms with E-state index in [1.165, 1.54) is 5.39 Å². The Bertz CT molecular complexity index is 3160. The quantitative estimate of drug-likeness (QED) is 0.162. The van der Waals surface area contributed by atoms with E-state index in [-0.39, 0.29) is 21.1 Å². The number of imidazole rings is 1. The van der Waals surface area contributed by atoms with E-state index in [0.717, 1.165) is 94.4 Å². The maximum atomic E-state index is 5.50. The smallest absolute Gasteiger partial charge is 0.656 e. The van der Waals surface area contributed by atoms with Crippen molar-refractivity contribution in [1.29, 1.82) is 0 Å². The van der Waals surface area contributed by atoms with Gasteiger partial charge < -0.3 is 9.55 Å². The van der Waals surface area contributed by atoms with Gasteiger partial charge in [-0.3, -0.25) is 9.55 Å². The molecule has 0 fully saturated rings. The van der Waals surface area contributed by atoms with Crippen LogP contribution in [0.2, 0.25) is 0 Å². The molecule has 0 atom stereocenters. The second-order valence-corrected chi connectivity index (χ2v) is 13.2. The molecule has 6 nitrogen and oxygen atoms in total. The first-order chi connectivity index (χ1) is 26.3. The molecule has 0 aliphatic carbocycles. The number of hydrogen-bond acceptors (Lipinski definition) is 3. The third kappa shape index (κ3) is 4.95. The molecule has 0 bridgehead atoms. The summed E-state index contributed by atoms with van der Waals surface area (Å²) in [5.41, 5.74) is 12.1. The summed E-state index contributed by atoms with van der Waals surface area (Å²) in [4.78, 5) is 19.7. The molecule has 5 heterocycles. The van der Waals surface area contributed by atoms with Crippen molar-refractivity contribution >= 4 is 54.6 Å². The van der Waals surface area contributed by atoms with E-state index in [0.29, 0.717) is 0 Å². The van der Waals surface area contributed by atoms with Gasteiger partial charge in [0.25, 0.3) is 0 Å². The molecular formula is C47H28N6Pt. The first kappa shape index (κ1) is 32.1. The van der Waals surface area contributed by atoms with Crippen molar-refractivity contribution in [2.24, 2.45) is 0 Å². The minimum Gasteiger partial charge on any atom is -0.656 e. The fraction of sp³-hybridized carbons (Fsp3) is 0. The number of fused-ring (bicyclic) bond motifs is 7. The van der Waals surface area contributed by atoms with Crippen LogP contribution in [0.4, 0.5) is 0 Å². The van der Waals surface area contributed by atoms with E-state index in [9.17, 15) is 0 Å². The van der Waals surface area contributed by atoms with Gasteiger partial charge in [-0.15, -0.1) is 34.8 Å². The van der Waals surface area contributed by atoms with E-state index >= 15 is 0 Å². The second-order valence-electron chi connectivity index (χ2n) is 13.2. The summed E-state index contributed by atoms with van der Waals surface area (Å²) in [5.74, 6) is 1.70. The fourth-order valence-corrected chi connectivity index (χ4v) is 7.86. The summed E-state index contributed by atoms with van der Waals surface area (Å²) in [6.07, 6.45) is 5.50. The minimum absolute atomic E-state index is 0. The van der Waals surface area contributed by atoms with Gasteiger partial charge in [0.2, 0.25) is 0 Å². The summed E-state index contributed by atoms with van der Waals surface area (Å²) >= 11 is 0. The van der Waals surface area contributed by atoms with Gasteiger partial charge in [0, 0.05) is 35.4 Å². The molecule has 0 saturated heterocycles. The molecule has 0 aliphatic heterocycles. The largest absolute Gasteiger partial charge is 2.00 e. The molecule has 7 heteroatoms. The zero-order valence-corrected chi connectivity index (χ0v) is 30.9. The predicted molar refractivity (Wildman–Crippen MR) is 214 cm³/mol. The van der Waals surface area contributed by atoms with Crippen LogP contribution in [0.1, 0.15) is 0 Å². The maximum Gasteiger partial charge on any atom is 2.00 e. The number of hydrogen-bond donors (Lipinski definition) is 0. The molecule has 0 spiro atoms. The SMILES string of the molecule is [Pt+2].[c-]1c(-c2cccc3c2nc(-c2cccc4c2[n-]c2ccc(-c5ccncc5)cc24)n3-c2ccccc2)ccc2c3ccccc3n(-c3ccccn3)c12. The molecule has 0 amide bonds. The zero-order valence-electron chi connectivity index (χ0n) is 28.7. The average molecular weight is 872 g/mol. The summed E-state index contributed by atoms with van der Waals surface area (Å²) in [5, 5.41) is 4.51. The molecule has 0 aliphatic rings. The van der Waals surface area contributed by atoms with Gasteiger partial charge >= 0.3 is 21.1 Å². The predicted octanol–water partition coefficient (Wildman–Crippen LogP) is 11.0. The number of para-hydroxylation sites is 4. The topological polar surface area (TPSA) is 62.6 Å². The number of pyridine rings is 2. The second kappa shape index (κ2) is 12.8. The normalized spacial score (nSPS) is 11.6. The van der Waals surface area contributed by atoms with E-state index < -0.39 is 0 Å².